The smallest absolute Gasteiger partial charge is 0.326 e. The molecule has 0 N–H and O–H groups in total. The van der Waals surface area contributed by atoms with E-state index in [2.05, 4.69) is 4.74 Å². The van der Waals surface area contributed by atoms with Gasteiger partial charge in [0.15, 0.2) is 0 Å². The van der Waals surface area contributed by atoms with Crippen molar-refractivity contribution in [3.63, 3.8) is 0 Å². The first kappa shape index (κ1) is 8.76. The zero-order valence-corrected chi connectivity index (χ0v) is 6.53. The van der Waals surface area contributed by atoms with Crippen molar-refractivity contribution in [1.82, 2.24) is 0 Å². The second-order valence-electron chi connectivity index (χ2n) is 1.86. The van der Waals surface area contributed by atoms with Gasteiger partial charge in [-0.3, -0.25) is 4.79 Å². The van der Waals surface area contributed by atoms with Crippen LogP contribution in [0.3, 0.4) is 0 Å². The molecule has 1 atom stereocenters. The van der Waals surface area contributed by atoms with E-state index < -0.39 is 10.8 Å². The minimum absolute atomic E-state index is 0.424. The number of carbonyl (C=O) groups excluding carboxylic acids is 1. The maximum Gasteiger partial charge on any atom is 0.326 e. The Morgan fingerprint density at radius 1 is 1.78 bits per heavy atom. The largest absolute Gasteiger partial charge is 0.468 e. The molecule has 0 rings (SSSR count). The van der Waals surface area contributed by atoms with Crippen LogP contribution in [0, 0.1) is 6.42 Å². The summed E-state index contributed by atoms with van der Waals surface area (Å²) >= 11 is 5.64. The molecule has 0 aromatic carbocycles. The molecule has 0 aliphatic rings. The summed E-state index contributed by atoms with van der Waals surface area (Å²) in [5.41, 5.74) is 0. The van der Waals surface area contributed by atoms with Gasteiger partial charge in [0.1, 0.15) is 4.87 Å². The van der Waals surface area contributed by atoms with Crippen LogP contribution in [-0.2, 0) is 9.53 Å². The molecule has 9 heavy (non-hydrogen) atoms. The number of halogens is 1. The molecule has 0 heterocycles. The van der Waals surface area contributed by atoms with E-state index >= 15 is 0 Å². The summed E-state index contributed by atoms with van der Waals surface area (Å²) in [6.07, 6.45) is 1.58. The lowest BCUT2D eigenvalue weighted by Gasteiger charge is -2.14. The topological polar surface area (TPSA) is 26.3 Å². The maximum absolute atomic E-state index is 10.7. The zero-order valence-electron chi connectivity index (χ0n) is 5.77. The Labute approximate surface area is 60.1 Å². The van der Waals surface area contributed by atoms with E-state index in [1.54, 1.807) is 20.3 Å². The van der Waals surface area contributed by atoms with Crippen LogP contribution >= 0.6 is 11.6 Å². The van der Waals surface area contributed by atoms with Gasteiger partial charge in [0.25, 0.3) is 0 Å². The number of esters is 1. The molecule has 0 saturated heterocycles. The van der Waals surface area contributed by atoms with Gasteiger partial charge in [-0.2, -0.15) is 0 Å². The molecule has 53 valence electrons. The van der Waals surface area contributed by atoms with Crippen molar-refractivity contribution in [1.29, 1.82) is 0 Å². The molecule has 0 aliphatic heterocycles. The fourth-order valence-electron chi connectivity index (χ4n) is 0.317. The molecule has 0 fully saturated rings. The van der Waals surface area contributed by atoms with Crippen LogP contribution in [-0.4, -0.2) is 18.0 Å². The summed E-state index contributed by atoms with van der Waals surface area (Å²) in [5, 5.41) is 0. The Bertz CT molecular complexity index is 110. The van der Waals surface area contributed by atoms with Crippen molar-refractivity contribution >= 4 is 17.6 Å². The average Bonchev–Trinajstić information content (AvgIpc) is 1.86. The van der Waals surface area contributed by atoms with E-state index in [9.17, 15) is 4.79 Å². The molecule has 3 heteroatoms. The maximum atomic E-state index is 10.7. The van der Waals surface area contributed by atoms with E-state index in [-0.39, 0.29) is 0 Å². The van der Waals surface area contributed by atoms with E-state index in [0.717, 1.165) is 0 Å². The Morgan fingerprint density at radius 2 is 2.22 bits per heavy atom. The quantitative estimate of drug-likeness (QED) is 0.438. The van der Waals surface area contributed by atoms with Crippen LogP contribution in [0.4, 0.5) is 0 Å². The Hall–Kier alpha value is -0.240. The SMILES string of the molecule is C[CH]C(C)(Cl)C(=O)OC. The van der Waals surface area contributed by atoms with Crippen LogP contribution in [0.1, 0.15) is 13.8 Å². The number of rotatable bonds is 2. The van der Waals surface area contributed by atoms with Gasteiger partial charge in [0, 0.05) is 0 Å². The van der Waals surface area contributed by atoms with Crippen molar-refractivity contribution in [2.75, 3.05) is 7.11 Å². The van der Waals surface area contributed by atoms with Gasteiger partial charge in [-0.1, -0.05) is 6.92 Å². The van der Waals surface area contributed by atoms with E-state index in [1.165, 1.54) is 7.11 Å². The zero-order chi connectivity index (χ0) is 7.49. The molecule has 2 nitrogen and oxygen atoms in total. The average molecular weight is 150 g/mol. The number of hydrogen-bond acceptors (Lipinski definition) is 2. The Morgan fingerprint density at radius 3 is 2.33 bits per heavy atom. The minimum atomic E-state index is -0.964. The highest BCUT2D eigenvalue weighted by Gasteiger charge is 2.29. The normalized spacial score (nSPS) is 16.4. The van der Waals surface area contributed by atoms with Crippen LogP contribution in [0.15, 0.2) is 0 Å². The van der Waals surface area contributed by atoms with Gasteiger partial charge in [-0.15, -0.1) is 11.6 Å². The molecule has 0 saturated carbocycles. The lowest BCUT2D eigenvalue weighted by atomic mass is 10.1. The van der Waals surface area contributed by atoms with Crippen LogP contribution < -0.4 is 0 Å². The highest BCUT2D eigenvalue weighted by molar-refractivity contribution is 6.34. The molecule has 0 aliphatic carbocycles. The van der Waals surface area contributed by atoms with Crippen LogP contribution in [0.5, 0.6) is 0 Å². The summed E-state index contributed by atoms with van der Waals surface area (Å²) in [6.45, 7) is 3.30. The van der Waals surface area contributed by atoms with E-state index in [1.807, 2.05) is 0 Å². The van der Waals surface area contributed by atoms with Crippen molar-refractivity contribution in [2.45, 2.75) is 18.7 Å². The van der Waals surface area contributed by atoms with Gasteiger partial charge >= 0.3 is 5.97 Å². The summed E-state index contributed by atoms with van der Waals surface area (Å²) in [4.78, 5) is 9.72. The lowest BCUT2D eigenvalue weighted by molar-refractivity contribution is -0.142. The third kappa shape index (κ3) is 2.22. The minimum Gasteiger partial charge on any atom is -0.468 e. The number of ether oxygens (including phenoxy) is 1. The highest BCUT2D eigenvalue weighted by Crippen LogP contribution is 2.18. The molecule has 0 bridgehead atoms. The predicted octanol–water partition coefficient (Wildman–Crippen LogP) is 1.38. The second-order valence-corrected chi connectivity index (χ2v) is 2.64. The van der Waals surface area contributed by atoms with Gasteiger partial charge < -0.3 is 4.74 Å². The predicted molar refractivity (Wildman–Crippen MR) is 36.2 cm³/mol. The van der Waals surface area contributed by atoms with E-state index in [0.29, 0.717) is 0 Å². The van der Waals surface area contributed by atoms with Gasteiger partial charge in [-0.25, -0.2) is 0 Å². The Kier molecular flexibility index (Phi) is 2.98. The van der Waals surface area contributed by atoms with Crippen molar-refractivity contribution in [3.05, 3.63) is 6.42 Å². The standard InChI is InChI=1S/C6H10ClO2/c1-4-6(2,7)5(8)9-3/h4H,1-3H3. The summed E-state index contributed by atoms with van der Waals surface area (Å²) in [7, 11) is 1.31. The molecule has 0 aromatic heterocycles. The third-order valence-corrected chi connectivity index (χ3v) is 1.50. The fraction of sp³-hybridized carbons (Fsp3) is 0.667. The number of carbonyl (C=O) groups is 1. The Balaban J connectivity index is 3.97. The summed E-state index contributed by atoms with van der Waals surface area (Å²) < 4.78 is 4.40. The molecule has 0 aromatic rings. The van der Waals surface area contributed by atoms with Crippen molar-refractivity contribution in [2.24, 2.45) is 0 Å². The van der Waals surface area contributed by atoms with Gasteiger partial charge in [0.05, 0.1) is 7.11 Å². The van der Waals surface area contributed by atoms with Crippen molar-refractivity contribution < 1.29 is 9.53 Å². The van der Waals surface area contributed by atoms with Gasteiger partial charge in [0.2, 0.25) is 0 Å². The first-order chi connectivity index (χ1) is 4.04. The van der Waals surface area contributed by atoms with E-state index in [4.69, 9.17) is 11.6 Å². The monoisotopic (exact) mass is 149 g/mol. The third-order valence-electron chi connectivity index (χ3n) is 1.13. The fourth-order valence-corrected chi connectivity index (χ4v) is 0.395. The summed E-state index contributed by atoms with van der Waals surface area (Å²) in [6, 6.07) is 0. The lowest BCUT2D eigenvalue weighted by Crippen LogP contribution is -2.29. The van der Waals surface area contributed by atoms with Gasteiger partial charge in [-0.05, 0) is 13.3 Å². The molecule has 0 amide bonds. The molecule has 0 spiro atoms. The number of hydrogen-bond donors (Lipinski definition) is 0. The molecule has 1 unspecified atom stereocenters. The van der Waals surface area contributed by atoms with Crippen LogP contribution in [0.25, 0.3) is 0 Å². The molecular formula is C6H10ClO2. The second kappa shape index (κ2) is 3.06. The first-order valence-corrected chi connectivity index (χ1v) is 3.00. The molecular weight excluding hydrogens is 140 g/mol. The van der Waals surface area contributed by atoms with Crippen molar-refractivity contribution in [3.8, 4) is 0 Å². The number of alkyl halides is 1. The summed E-state index contributed by atoms with van der Waals surface area (Å²) in [5.74, 6) is -0.424. The number of methoxy groups -OCH3 is 1. The highest BCUT2D eigenvalue weighted by atomic mass is 35.5. The van der Waals surface area contributed by atoms with Crippen LogP contribution in [0.2, 0.25) is 0 Å². The molecule has 1 radical (unpaired) electrons. The first-order valence-electron chi connectivity index (χ1n) is 2.62.